The lowest BCUT2D eigenvalue weighted by atomic mass is 10.1. The van der Waals surface area contributed by atoms with E-state index in [1.807, 2.05) is 6.92 Å². The van der Waals surface area contributed by atoms with Gasteiger partial charge in [-0.05, 0) is 20.8 Å². The molecule has 1 rings (SSSR count). The van der Waals surface area contributed by atoms with Gasteiger partial charge in [0.1, 0.15) is 11.9 Å². The van der Waals surface area contributed by atoms with Crippen LogP contribution in [0.1, 0.15) is 32.7 Å². The molecule has 0 spiro atoms. The maximum Gasteiger partial charge on any atom is 0.155 e. The second-order valence-electron chi connectivity index (χ2n) is 4.35. The zero-order valence-electron chi connectivity index (χ0n) is 10.0. The highest BCUT2D eigenvalue weighted by atomic mass is 32.2. The first-order valence-corrected chi connectivity index (χ1v) is 6.99. The average molecular weight is 246 g/mol. The number of sulfone groups is 1. The molecule has 0 aliphatic rings. The Bertz CT molecular complexity index is 462. The van der Waals surface area contributed by atoms with Gasteiger partial charge in [-0.1, -0.05) is 0 Å². The molecule has 16 heavy (non-hydrogen) atoms. The number of rotatable bonds is 4. The second-order valence-corrected chi connectivity index (χ2v) is 6.95. The number of aromatic nitrogens is 2. The topological polar surface area (TPSA) is 72.2 Å². The zero-order chi connectivity index (χ0) is 12.6. The van der Waals surface area contributed by atoms with Gasteiger partial charge in [0.05, 0.1) is 4.75 Å². The van der Waals surface area contributed by atoms with E-state index < -0.39 is 20.7 Å². The molecule has 0 radical (unpaired) electrons. The number of aryl methyl sites for hydroxylation is 1. The summed E-state index contributed by atoms with van der Waals surface area (Å²) in [6, 6.07) is 0. The first kappa shape index (κ1) is 13.2. The van der Waals surface area contributed by atoms with E-state index in [1.165, 1.54) is 13.8 Å². The molecule has 5 nitrogen and oxygen atoms in total. The van der Waals surface area contributed by atoms with E-state index >= 15 is 0 Å². The largest absolute Gasteiger partial charge is 0.384 e. The fraction of sp³-hybridized carbons (Fsp3) is 0.700. The molecule has 0 aliphatic carbocycles. The van der Waals surface area contributed by atoms with Crippen molar-refractivity contribution in [1.29, 1.82) is 0 Å². The van der Waals surface area contributed by atoms with E-state index in [0.29, 0.717) is 12.4 Å². The molecule has 0 saturated heterocycles. The minimum Gasteiger partial charge on any atom is -0.384 e. The summed E-state index contributed by atoms with van der Waals surface area (Å²) in [7, 11) is -3.36. The summed E-state index contributed by atoms with van der Waals surface area (Å²) < 4.78 is 23.7. The van der Waals surface area contributed by atoms with Crippen LogP contribution in [0.4, 0.5) is 0 Å². The number of hydrogen-bond donors (Lipinski definition) is 1. The Morgan fingerprint density at radius 1 is 1.56 bits per heavy atom. The van der Waals surface area contributed by atoms with Crippen LogP contribution >= 0.6 is 0 Å². The first-order valence-electron chi connectivity index (χ1n) is 5.10. The molecule has 1 N–H and O–H groups in total. The molecule has 6 heteroatoms. The van der Waals surface area contributed by atoms with Crippen molar-refractivity contribution in [3.63, 3.8) is 0 Å². The van der Waals surface area contributed by atoms with E-state index in [9.17, 15) is 13.5 Å². The minimum atomic E-state index is -3.36. The Hall–Kier alpha value is -0.880. The summed E-state index contributed by atoms with van der Waals surface area (Å²) in [6.45, 7) is 5.56. The van der Waals surface area contributed by atoms with Gasteiger partial charge in [0.15, 0.2) is 9.84 Å². The third-order valence-electron chi connectivity index (χ3n) is 2.95. The maximum atomic E-state index is 11.6. The van der Waals surface area contributed by atoms with Crippen LogP contribution < -0.4 is 0 Å². The monoisotopic (exact) mass is 246 g/mol. The molecule has 0 saturated carbocycles. The van der Waals surface area contributed by atoms with Crippen molar-refractivity contribution in [2.24, 2.45) is 0 Å². The van der Waals surface area contributed by atoms with Gasteiger partial charge < -0.3 is 9.67 Å². The molecule has 0 aliphatic heterocycles. The number of aliphatic hydroxyl groups excluding tert-OH is 1. The quantitative estimate of drug-likeness (QED) is 0.851. The molecule has 0 aromatic carbocycles. The number of imidazole rings is 1. The molecule has 0 bridgehead atoms. The van der Waals surface area contributed by atoms with Crippen LogP contribution in [0.5, 0.6) is 0 Å². The molecule has 1 aromatic heterocycles. The van der Waals surface area contributed by atoms with Gasteiger partial charge in [0, 0.05) is 25.2 Å². The van der Waals surface area contributed by atoms with Crippen LogP contribution in [0.2, 0.25) is 0 Å². The zero-order valence-corrected chi connectivity index (χ0v) is 10.8. The predicted octanol–water partition coefficient (Wildman–Crippen LogP) is 0.760. The third-order valence-corrected chi connectivity index (χ3v) is 5.08. The van der Waals surface area contributed by atoms with Crippen molar-refractivity contribution in [3.8, 4) is 0 Å². The van der Waals surface area contributed by atoms with E-state index in [-0.39, 0.29) is 0 Å². The Morgan fingerprint density at radius 3 is 2.56 bits per heavy atom. The van der Waals surface area contributed by atoms with Crippen molar-refractivity contribution in [2.45, 2.75) is 38.2 Å². The fourth-order valence-corrected chi connectivity index (χ4v) is 1.86. The predicted molar refractivity (Wildman–Crippen MR) is 61.8 cm³/mol. The molecule has 1 aromatic rings. The first-order chi connectivity index (χ1) is 7.21. The van der Waals surface area contributed by atoms with Crippen molar-refractivity contribution in [3.05, 3.63) is 18.2 Å². The Balaban J connectivity index is 3.17. The van der Waals surface area contributed by atoms with Crippen LogP contribution in [0.15, 0.2) is 12.4 Å². The van der Waals surface area contributed by atoms with Gasteiger partial charge in [0.2, 0.25) is 0 Å². The van der Waals surface area contributed by atoms with E-state index in [2.05, 4.69) is 4.98 Å². The van der Waals surface area contributed by atoms with Gasteiger partial charge >= 0.3 is 0 Å². The maximum absolute atomic E-state index is 11.6. The van der Waals surface area contributed by atoms with E-state index in [0.717, 1.165) is 6.26 Å². The van der Waals surface area contributed by atoms with E-state index in [1.54, 1.807) is 17.0 Å². The normalized spacial score (nSPS) is 15.1. The van der Waals surface area contributed by atoms with Crippen molar-refractivity contribution >= 4 is 9.84 Å². The van der Waals surface area contributed by atoms with Gasteiger partial charge in [-0.2, -0.15) is 0 Å². The summed E-state index contributed by atoms with van der Waals surface area (Å²) in [4.78, 5) is 4.02. The van der Waals surface area contributed by atoms with Crippen LogP contribution in [0.3, 0.4) is 0 Å². The standard InChI is InChI=1S/C10H18N2O3S/c1-5-12-7-6-11-9(12)8(13)10(2,3)16(4,14)15/h6-8,13H,5H2,1-4H3. The highest BCUT2D eigenvalue weighted by Crippen LogP contribution is 2.31. The molecule has 0 fully saturated rings. The fourth-order valence-electron chi connectivity index (χ4n) is 1.35. The van der Waals surface area contributed by atoms with Crippen LogP contribution in [0.25, 0.3) is 0 Å². The summed E-state index contributed by atoms with van der Waals surface area (Å²) in [5, 5.41) is 10.1. The number of nitrogens with zero attached hydrogens (tertiary/aromatic N) is 2. The minimum absolute atomic E-state index is 0.387. The summed E-state index contributed by atoms with van der Waals surface area (Å²) in [5.74, 6) is 0.387. The summed E-state index contributed by atoms with van der Waals surface area (Å²) >= 11 is 0. The van der Waals surface area contributed by atoms with E-state index in [4.69, 9.17) is 0 Å². The SMILES string of the molecule is CCn1ccnc1C(O)C(C)(C)S(C)(=O)=O. The average Bonchev–Trinajstić information content (AvgIpc) is 2.62. The molecule has 1 heterocycles. The second kappa shape index (κ2) is 4.18. The lowest BCUT2D eigenvalue weighted by molar-refractivity contribution is 0.126. The smallest absolute Gasteiger partial charge is 0.155 e. The van der Waals surface area contributed by atoms with Crippen LogP contribution in [-0.2, 0) is 16.4 Å². The Labute approximate surface area is 96.0 Å². The third kappa shape index (κ3) is 2.12. The van der Waals surface area contributed by atoms with Crippen LogP contribution in [0, 0.1) is 0 Å². The summed E-state index contributed by atoms with van der Waals surface area (Å²) in [5.41, 5.74) is 0. The van der Waals surface area contributed by atoms with Crippen LogP contribution in [-0.4, -0.2) is 34.1 Å². The highest BCUT2D eigenvalue weighted by Gasteiger charge is 2.40. The number of aliphatic hydroxyl groups is 1. The van der Waals surface area contributed by atoms with Crippen molar-refractivity contribution < 1.29 is 13.5 Å². The number of hydrogen-bond acceptors (Lipinski definition) is 4. The molecular formula is C10H18N2O3S. The van der Waals surface area contributed by atoms with Gasteiger partial charge in [-0.3, -0.25) is 0 Å². The molecular weight excluding hydrogens is 228 g/mol. The van der Waals surface area contributed by atoms with Gasteiger partial charge in [-0.15, -0.1) is 0 Å². The molecule has 1 unspecified atom stereocenters. The molecule has 1 atom stereocenters. The molecule has 92 valence electrons. The summed E-state index contributed by atoms with van der Waals surface area (Å²) in [6.07, 6.45) is 3.27. The van der Waals surface area contributed by atoms with Gasteiger partial charge in [-0.25, -0.2) is 13.4 Å². The molecule has 0 amide bonds. The van der Waals surface area contributed by atoms with Crippen molar-refractivity contribution in [1.82, 2.24) is 9.55 Å². The van der Waals surface area contributed by atoms with Gasteiger partial charge in [0.25, 0.3) is 0 Å². The highest BCUT2D eigenvalue weighted by molar-refractivity contribution is 7.92. The lowest BCUT2D eigenvalue weighted by Gasteiger charge is -2.28. The Kier molecular flexibility index (Phi) is 3.44. The lowest BCUT2D eigenvalue weighted by Crippen LogP contribution is -2.39. The Morgan fingerprint density at radius 2 is 2.12 bits per heavy atom. The van der Waals surface area contributed by atoms with Crippen molar-refractivity contribution in [2.75, 3.05) is 6.26 Å².